The van der Waals surface area contributed by atoms with Crippen LogP contribution in [0.5, 0.6) is 0 Å². The second kappa shape index (κ2) is 6.66. The second-order valence-corrected chi connectivity index (χ2v) is 6.10. The van der Waals surface area contributed by atoms with E-state index in [0.29, 0.717) is 10.7 Å². The van der Waals surface area contributed by atoms with Gasteiger partial charge in [0.1, 0.15) is 0 Å². The maximum Gasteiger partial charge on any atom is 0.260 e. The third-order valence-corrected chi connectivity index (χ3v) is 4.31. The molecule has 1 N–H and O–H groups in total. The van der Waals surface area contributed by atoms with Crippen molar-refractivity contribution in [1.82, 2.24) is 19.7 Å². The van der Waals surface area contributed by atoms with Gasteiger partial charge in [0.15, 0.2) is 5.13 Å². The highest BCUT2D eigenvalue weighted by atomic mass is 32.1. The fraction of sp³-hybridized carbons (Fsp3) is 0. The minimum absolute atomic E-state index is 0.241. The van der Waals surface area contributed by atoms with Crippen LogP contribution < -0.4 is 5.32 Å². The lowest BCUT2D eigenvalue weighted by Gasteiger charge is -2.00. The van der Waals surface area contributed by atoms with E-state index in [1.54, 1.807) is 23.3 Å². The summed E-state index contributed by atoms with van der Waals surface area (Å²) in [6.07, 6.45) is 6.69. The lowest BCUT2D eigenvalue weighted by molar-refractivity contribution is 0.102. The topological polar surface area (TPSA) is 72.7 Å². The van der Waals surface area contributed by atoms with E-state index in [-0.39, 0.29) is 5.91 Å². The van der Waals surface area contributed by atoms with E-state index >= 15 is 0 Å². The van der Waals surface area contributed by atoms with Crippen molar-refractivity contribution < 1.29 is 4.79 Å². The zero-order valence-electron chi connectivity index (χ0n) is 13.0. The number of aromatic nitrogens is 4. The Kier molecular flexibility index (Phi) is 4.05. The summed E-state index contributed by atoms with van der Waals surface area (Å²) in [6, 6.07) is 13.4. The number of thiazole rings is 1. The smallest absolute Gasteiger partial charge is 0.260 e. The van der Waals surface area contributed by atoms with Gasteiger partial charge in [-0.1, -0.05) is 18.2 Å². The number of carbonyl (C=O) groups is 1. The summed E-state index contributed by atoms with van der Waals surface area (Å²) in [5, 5.41) is 9.47. The van der Waals surface area contributed by atoms with Gasteiger partial charge in [-0.2, -0.15) is 5.10 Å². The summed E-state index contributed by atoms with van der Waals surface area (Å²) in [5.74, 6) is -0.241. The molecule has 25 heavy (non-hydrogen) atoms. The molecule has 0 aliphatic rings. The van der Waals surface area contributed by atoms with E-state index in [0.717, 1.165) is 16.9 Å². The Labute approximate surface area is 147 Å². The van der Waals surface area contributed by atoms with E-state index < -0.39 is 0 Å². The molecule has 3 heterocycles. The van der Waals surface area contributed by atoms with Crippen molar-refractivity contribution in [3.63, 3.8) is 0 Å². The van der Waals surface area contributed by atoms with Gasteiger partial charge < -0.3 is 0 Å². The molecular weight excluding hydrogens is 334 g/mol. The molecule has 122 valence electrons. The van der Waals surface area contributed by atoms with Crippen molar-refractivity contribution >= 4 is 22.4 Å². The summed E-state index contributed by atoms with van der Waals surface area (Å²) >= 11 is 1.37. The molecule has 3 aromatic heterocycles. The maximum atomic E-state index is 12.4. The molecule has 7 heteroatoms. The number of benzene rings is 1. The van der Waals surface area contributed by atoms with Crippen molar-refractivity contribution in [2.24, 2.45) is 0 Å². The van der Waals surface area contributed by atoms with Gasteiger partial charge in [-0.15, -0.1) is 11.3 Å². The number of anilines is 1. The number of pyridine rings is 1. The fourth-order valence-electron chi connectivity index (χ4n) is 2.31. The maximum absolute atomic E-state index is 12.4. The monoisotopic (exact) mass is 347 g/mol. The van der Waals surface area contributed by atoms with Crippen molar-refractivity contribution in [2.75, 3.05) is 5.32 Å². The molecule has 0 bridgehead atoms. The Morgan fingerprint density at radius 1 is 1.08 bits per heavy atom. The summed E-state index contributed by atoms with van der Waals surface area (Å²) in [6.45, 7) is 0. The molecule has 0 aliphatic carbocycles. The van der Waals surface area contributed by atoms with Crippen molar-refractivity contribution in [1.29, 1.82) is 0 Å². The highest BCUT2D eigenvalue weighted by Crippen LogP contribution is 2.24. The summed E-state index contributed by atoms with van der Waals surface area (Å²) in [4.78, 5) is 20.9. The minimum atomic E-state index is -0.241. The van der Waals surface area contributed by atoms with Crippen molar-refractivity contribution in [2.45, 2.75) is 0 Å². The lowest BCUT2D eigenvalue weighted by atomic mass is 10.2. The SMILES string of the molecule is O=C(Nc1nc(-c2cccnc2)cs1)c1cnn(-c2ccccc2)c1. The number of para-hydroxylation sites is 1. The van der Waals surface area contributed by atoms with Crippen LogP contribution in [0.15, 0.2) is 72.6 Å². The number of carbonyl (C=O) groups excluding carboxylic acids is 1. The van der Waals surface area contributed by atoms with E-state index in [1.165, 1.54) is 17.5 Å². The Morgan fingerprint density at radius 3 is 2.76 bits per heavy atom. The van der Waals surface area contributed by atoms with Gasteiger partial charge in [-0.25, -0.2) is 9.67 Å². The zero-order valence-corrected chi connectivity index (χ0v) is 13.9. The number of amides is 1. The average Bonchev–Trinajstić information content (AvgIpc) is 3.33. The molecule has 0 radical (unpaired) electrons. The largest absolute Gasteiger partial charge is 0.298 e. The molecule has 1 aromatic carbocycles. The molecular formula is C18H13N5OS. The molecule has 4 aromatic rings. The van der Waals surface area contributed by atoms with Crippen molar-refractivity contribution in [3.05, 3.63) is 78.2 Å². The van der Waals surface area contributed by atoms with Gasteiger partial charge in [0.2, 0.25) is 0 Å². The predicted octanol–water partition coefficient (Wildman–Crippen LogP) is 3.64. The third-order valence-electron chi connectivity index (χ3n) is 3.55. The van der Waals surface area contributed by atoms with Gasteiger partial charge in [0.25, 0.3) is 5.91 Å². The first-order chi connectivity index (χ1) is 12.3. The van der Waals surface area contributed by atoms with Crippen LogP contribution in [-0.4, -0.2) is 25.7 Å². The molecule has 0 atom stereocenters. The molecule has 1 amide bonds. The van der Waals surface area contributed by atoms with Crippen LogP contribution in [0.2, 0.25) is 0 Å². The minimum Gasteiger partial charge on any atom is -0.298 e. The molecule has 0 unspecified atom stereocenters. The van der Waals surface area contributed by atoms with Gasteiger partial charge in [-0.3, -0.25) is 15.1 Å². The first-order valence-corrected chi connectivity index (χ1v) is 8.45. The predicted molar refractivity (Wildman–Crippen MR) is 96.9 cm³/mol. The molecule has 0 saturated carbocycles. The molecule has 0 spiro atoms. The molecule has 6 nitrogen and oxygen atoms in total. The summed E-state index contributed by atoms with van der Waals surface area (Å²) < 4.78 is 1.66. The standard InChI is InChI=1S/C18H13N5OS/c24-17(14-10-20-23(11-14)15-6-2-1-3-7-15)22-18-21-16(12-25-18)13-5-4-8-19-9-13/h1-12H,(H,21,22,24). The van der Waals surface area contributed by atoms with Crippen LogP contribution in [0.25, 0.3) is 16.9 Å². The number of hydrogen-bond acceptors (Lipinski definition) is 5. The number of nitrogens with one attached hydrogen (secondary N) is 1. The number of hydrogen-bond donors (Lipinski definition) is 1. The Bertz CT molecular complexity index is 995. The van der Waals surface area contributed by atoms with Gasteiger partial charge in [-0.05, 0) is 24.3 Å². The van der Waals surface area contributed by atoms with Gasteiger partial charge >= 0.3 is 0 Å². The van der Waals surface area contributed by atoms with E-state index in [1.807, 2.05) is 47.8 Å². The Balaban J connectivity index is 1.50. The quantitative estimate of drug-likeness (QED) is 0.612. The van der Waals surface area contributed by atoms with E-state index in [4.69, 9.17) is 0 Å². The number of rotatable bonds is 4. The van der Waals surface area contributed by atoms with Crippen LogP contribution in [0.4, 0.5) is 5.13 Å². The highest BCUT2D eigenvalue weighted by Gasteiger charge is 2.12. The molecule has 0 saturated heterocycles. The molecule has 0 aliphatic heterocycles. The normalized spacial score (nSPS) is 10.6. The van der Waals surface area contributed by atoms with Crippen LogP contribution in [0.1, 0.15) is 10.4 Å². The molecule has 4 rings (SSSR count). The third kappa shape index (κ3) is 3.31. The second-order valence-electron chi connectivity index (χ2n) is 5.24. The van der Waals surface area contributed by atoms with Gasteiger partial charge in [0.05, 0.1) is 23.1 Å². The van der Waals surface area contributed by atoms with E-state index in [2.05, 4.69) is 20.4 Å². The van der Waals surface area contributed by atoms with Crippen LogP contribution in [0, 0.1) is 0 Å². The van der Waals surface area contributed by atoms with Crippen LogP contribution in [-0.2, 0) is 0 Å². The fourth-order valence-corrected chi connectivity index (χ4v) is 3.02. The van der Waals surface area contributed by atoms with Crippen LogP contribution >= 0.6 is 11.3 Å². The number of nitrogens with zero attached hydrogens (tertiary/aromatic N) is 4. The molecule has 0 fully saturated rings. The summed E-state index contributed by atoms with van der Waals surface area (Å²) in [5.41, 5.74) is 3.07. The highest BCUT2D eigenvalue weighted by molar-refractivity contribution is 7.14. The summed E-state index contributed by atoms with van der Waals surface area (Å²) in [7, 11) is 0. The first kappa shape index (κ1) is 15.2. The zero-order chi connectivity index (χ0) is 17.1. The lowest BCUT2D eigenvalue weighted by Crippen LogP contribution is -2.10. The Morgan fingerprint density at radius 2 is 1.96 bits per heavy atom. The van der Waals surface area contributed by atoms with Gasteiger partial charge in [0, 0.05) is 29.5 Å². The van der Waals surface area contributed by atoms with Crippen LogP contribution in [0.3, 0.4) is 0 Å². The Hall–Kier alpha value is -3.32. The first-order valence-electron chi connectivity index (χ1n) is 7.57. The van der Waals surface area contributed by atoms with E-state index in [9.17, 15) is 4.79 Å². The average molecular weight is 347 g/mol. The van der Waals surface area contributed by atoms with Crippen molar-refractivity contribution in [3.8, 4) is 16.9 Å².